The van der Waals surface area contributed by atoms with E-state index in [4.69, 9.17) is 16.3 Å². The molecule has 0 saturated carbocycles. The van der Waals surface area contributed by atoms with Crippen molar-refractivity contribution in [2.45, 2.75) is 25.3 Å². The van der Waals surface area contributed by atoms with Gasteiger partial charge in [-0.25, -0.2) is 0 Å². The van der Waals surface area contributed by atoms with Crippen molar-refractivity contribution in [2.75, 3.05) is 32.8 Å². The summed E-state index contributed by atoms with van der Waals surface area (Å²) in [6, 6.07) is 8.00. The number of nitrogens with zero attached hydrogens (tertiary/aromatic N) is 1. The van der Waals surface area contributed by atoms with Crippen LogP contribution < -0.4 is 5.32 Å². The molecule has 1 amide bonds. The van der Waals surface area contributed by atoms with Crippen LogP contribution in [0, 0.1) is 5.92 Å². The first-order chi connectivity index (χ1) is 11.8. The van der Waals surface area contributed by atoms with Crippen molar-refractivity contribution >= 4 is 17.5 Å². The predicted molar refractivity (Wildman–Crippen MR) is 96.1 cm³/mol. The van der Waals surface area contributed by atoms with Gasteiger partial charge in [0.05, 0.1) is 19.3 Å². The van der Waals surface area contributed by atoms with Crippen LogP contribution in [0.15, 0.2) is 36.4 Å². The van der Waals surface area contributed by atoms with Crippen LogP contribution in [-0.2, 0) is 9.53 Å². The molecule has 3 rings (SSSR count). The molecule has 1 N–H and O–H groups in total. The fourth-order valence-electron chi connectivity index (χ4n) is 3.44. The largest absolute Gasteiger partial charge is 0.379 e. The predicted octanol–water partition coefficient (Wildman–Crippen LogP) is 3.19. The lowest BCUT2D eigenvalue weighted by molar-refractivity contribution is -0.125. The molecule has 0 radical (unpaired) electrons. The maximum absolute atomic E-state index is 12.5. The highest BCUT2D eigenvalue weighted by Gasteiger charge is 2.26. The number of hydrogen-bond acceptors (Lipinski definition) is 3. The van der Waals surface area contributed by atoms with Gasteiger partial charge in [0.1, 0.15) is 0 Å². The Morgan fingerprint density at radius 1 is 1.29 bits per heavy atom. The molecule has 0 unspecified atom stereocenters. The van der Waals surface area contributed by atoms with Gasteiger partial charge in [-0.05, 0) is 30.9 Å². The number of benzene rings is 1. The SMILES string of the molecule is O=C(NC[C@@H](c1ccccc1Cl)N1CCOCC1)[C@@H]1CC=CCC1. The van der Waals surface area contributed by atoms with E-state index in [1.807, 2.05) is 18.2 Å². The van der Waals surface area contributed by atoms with E-state index in [-0.39, 0.29) is 17.9 Å². The fourth-order valence-corrected chi connectivity index (χ4v) is 3.71. The quantitative estimate of drug-likeness (QED) is 0.831. The molecule has 2 atom stereocenters. The number of amides is 1. The summed E-state index contributed by atoms with van der Waals surface area (Å²) in [4.78, 5) is 14.8. The van der Waals surface area contributed by atoms with Crippen LogP contribution in [0.25, 0.3) is 0 Å². The molecule has 0 spiro atoms. The number of ether oxygens (including phenoxy) is 1. The lowest BCUT2D eigenvalue weighted by atomic mass is 9.93. The van der Waals surface area contributed by atoms with Gasteiger partial charge >= 0.3 is 0 Å². The molecule has 24 heavy (non-hydrogen) atoms. The number of carbonyl (C=O) groups excluding carboxylic acids is 1. The minimum Gasteiger partial charge on any atom is -0.379 e. The van der Waals surface area contributed by atoms with Crippen LogP contribution in [0.4, 0.5) is 0 Å². The van der Waals surface area contributed by atoms with Gasteiger partial charge in [-0.15, -0.1) is 0 Å². The summed E-state index contributed by atoms with van der Waals surface area (Å²) in [5.41, 5.74) is 1.07. The Morgan fingerprint density at radius 3 is 2.79 bits per heavy atom. The maximum Gasteiger partial charge on any atom is 0.223 e. The Hall–Kier alpha value is -1.36. The zero-order valence-corrected chi connectivity index (χ0v) is 14.7. The minimum atomic E-state index is 0.0886. The molecule has 1 aliphatic heterocycles. The lowest BCUT2D eigenvalue weighted by Crippen LogP contribution is -2.44. The molecule has 2 aliphatic rings. The normalized spacial score (nSPS) is 23.0. The standard InChI is InChI=1S/C19H25ClN2O2/c20-17-9-5-4-8-16(17)18(22-10-12-24-13-11-22)14-21-19(23)15-6-2-1-3-7-15/h1-2,4-5,8-9,15,18H,3,6-7,10-14H2,(H,21,23)/t15-,18+/m1/s1. The first kappa shape index (κ1) is 17.5. The van der Waals surface area contributed by atoms with E-state index < -0.39 is 0 Å². The molecular weight excluding hydrogens is 324 g/mol. The van der Waals surface area contributed by atoms with E-state index in [0.29, 0.717) is 6.54 Å². The molecule has 1 aliphatic carbocycles. The van der Waals surface area contributed by atoms with E-state index in [1.54, 1.807) is 0 Å². The van der Waals surface area contributed by atoms with Gasteiger partial charge in [-0.1, -0.05) is 42.0 Å². The summed E-state index contributed by atoms with van der Waals surface area (Å²) < 4.78 is 5.47. The number of morpholine rings is 1. The van der Waals surface area contributed by atoms with Crippen LogP contribution in [-0.4, -0.2) is 43.7 Å². The van der Waals surface area contributed by atoms with Crippen molar-refractivity contribution < 1.29 is 9.53 Å². The first-order valence-electron chi connectivity index (χ1n) is 8.74. The number of halogens is 1. The topological polar surface area (TPSA) is 41.6 Å². The Labute approximate surface area is 148 Å². The first-order valence-corrected chi connectivity index (χ1v) is 9.12. The molecule has 5 heteroatoms. The van der Waals surface area contributed by atoms with Crippen molar-refractivity contribution in [1.29, 1.82) is 0 Å². The molecule has 1 heterocycles. The van der Waals surface area contributed by atoms with Gasteiger partial charge in [0, 0.05) is 30.6 Å². The summed E-state index contributed by atoms with van der Waals surface area (Å²) in [5, 5.41) is 3.92. The smallest absolute Gasteiger partial charge is 0.223 e. The number of allylic oxidation sites excluding steroid dienone is 2. The van der Waals surface area contributed by atoms with Crippen LogP contribution >= 0.6 is 11.6 Å². The van der Waals surface area contributed by atoms with Gasteiger partial charge in [-0.2, -0.15) is 0 Å². The van der Waals surface area contributed by atoms with Crippen molar-refractivity contribution in [3.05, 3.63) is 47.0 Å². The lowest BCUT2D eigenvalue weighted by Gasteiger charge is -2.35. The molecule has 1 fully saturated rings. The summed E-state index contributed by atoms with van der Waals surface area (Å²) in [6.07, 6.45) is 7.05. The van der Waals surface area contributed by atoms with Crippen molar-refractivity contribution in [1.82, 2.24) is 10.2 Å². The van der Waals surface area contributed by atoms with E-state index in [9.17, 15) is 4.79 Å². The molecule has 0 bridgehead atoms. The number of rotatable bonds is 5. The molecule has 1 saturated heterocycles. The third-order valence-corrected chi connectivity index (χ3v) is 5.20. The van der Waals surface area contributed by atoms with Crippen LogP contribution in [0.3, 0.4) is 0 Å². The second-order valence-electron chi connectivity index (χ2n) is 6.41. The van der Waals surface area contributed by atoms with Crippen LogP contribution in [0.1, 0.15) is 30.9 Å². The molecule has 1 aromatic carbocycles. The molecular formula is C19H25ClN2O2. The molecule has 4 nitrogen and oxygen atoms in total. The summed E-state index contributed by atoms with van der Waals surface area (Å²) in [7, 11) is 0. The van der Waals surface area contributed by atoms with Gasteiger partial charge in [0.25, 0.3) is 0 Å². The minimum absolute atomic E-state index is 0.0886. The van der Waals surface area contributed by atoms with Gasteiger partial charge < -0.3 is 10.1 Å². The Kier molecular flexibility index (Phi) is 6.30. The average molecular weight is 349 g/mol. The Balaban J connectivity index is 1.69. The maximum atomic E-state index is 12.5. The third kappa shape index (κ3) is 4.38. The molecule has 1 aromatic rings. The monoisotopic (exact) mass is 348 g/mol. The number of hydrogen-bond donors (Lipinski definition) is 1. The summed E-state index contributed by atoms with van der Waals surface area (Å²) in [5.74, 6) is 0.260. The Bertz CT molecular complexity index is 584. The molecule has 0 aromatic heterocycles. The van der Waals surface area contributed by atoms with Gasteiger partial charge in [0.2, 0.25) is 5.91 Å². The van der Waals surface area contributed by atoms with Gasteiger partial charge in [0.15, 0.2) is 0 Å². The highest BCUT2D eigenvalue weighted by molar-refractivity contribution is 6.31. The van der Waals surface area contributed by atoms with E-state index in [0.717, 1.165) is 56.2 Å². The fraction of sp³-hybridized carbons (Fsp3) is 0.526. The van der Waals surface area contributed by atoms with E-state index in [1.165, 1.54) is 0 Å². The van der Waals surface area contributed by atoms with Crippen molar-refractivity contribution in [3.8, 4) is 0 Å². The van der Waals surface area contributed by atoms with E-state index >= 15 is 0 Å². The van der Waals surface area contributed by atoms with Crippen LogP contribution in [0.2, 0.25) is 5.02 Å². The average Bonchev–Trinajstić information content (AvgIpc) is 2.65. The second kappa shape index (κ2) is 8.65. The van der Waals surface area contributed by atoms with Crippen LogP contribution in [0.5, 0.6) is 0 Å². The number of carbonyl (C=O) groups is 1. The zero-order valence-electron chi connectivity index (χ0n) is 13.9. The third-order valence-electron chi connectivity index (χ3n) is 4.86. The van der Waals surface area contributed by atoms with Gasteiger partial charge in [-0.3, -0.25) is 9.69 Å². The zero-order chi connectivity index (χ0) is 16.8. The van der Waals surface area contributed by atoms with Crippen molar-refractivity contribution in [2.24, 2.45) is 5.92 Å². The summed E-state index contributed by atoms with van der Waals surface area (Å²) >= 11 is 6.42. The second-order valence-corrected chi connectivity index (χ2v) is 6.82. The highest BCUT2D eigenvalue weighted by atomic mass is 35.5. The van der Waals surface area contributed by atoms with E-state index in [2.05, 4.69) is 28.4 Å². The summed E-state index contributed by atoms with van der Waals surface area (Å²) in [6.45, 7) is 3.75. The Morgan fingerprint density at radius 2 is 2.08 bits per heavy atom. The van der Waals surface area contributed by atoms with Crippen molar-refractivity contribution in [3.63, 3.8) is 0 Å². The number of nitrogens with one attached hydrogen (secondary N) is 1. The molecule has 130 valence electrons. The highest BCUT2D eigenvalue weighted by Crippen LogP contribution is 2.28.